The maximum Gasteiger partial charge on any atom is 0.306 e. The van der Waals surface area contributed by atoms with Gasteiger partial charge in [-0.3, -0.25) is 14.4 Å². The molecular formula is C57H104O6. The van der Waals surface area contributed by atoms with Crippen LogP contribution in [0.3, 0.4) is 0 Å². The van der Waals surface area contributed by atoms with Crippen LogP contribution in [0.1, 0.15) is 290 Å². The molecule has 368 valence electrons. The summed E-state index contributed by atoms with van der Waals surface area (Å²) in [5.74, 6) is -0.886. The van der Waals surface area contributed by atoms with Crippen molar-refractivity contribution in [3.05, 3.63) is 36.5 Å². The van der Waals surface area contributed by atoms with Crippen LogP contribution in [0.15, 0.2) is 36.5 Å². The molecule has 1 atom stereocenters. The number of rotatable bonds is 50. The molecule has 63 heavy (non-hydrogen) atoms. The van der Waals surface area contributed by atoms with E-state index < -0.39 is 6.10 Å². The van der Waals surface area contributed by atoms with Crippen LogP contribution in [-0.4, -0.2) is 37.2 Å². The molecule has 0 saturated heterocycles. The summed E-state index contributed by atoms with van der Waals surface area (Å²) >= 11 is 0. The highest BCUT2D eigenvalue weighted by Crippen LogP contribution is 2.15. The molecule has 0 aromatic carbocycles. The summed E-state index contributed by atoms with van der Waals surface area (Å²) in [4.78, 5) is 38.0. The van der Waals surface area contributed by atoms with E-state index >= 15 is 0 Å². The van der Waals surface area contributed by atoms with Crippen LogP contribution in [0.2, 0.25) is 0 Å². The first kappa shape index (κ1) is 60.6. The Labute approximate surface area is 391 Å². The number of unbranched alkanes of at least 4 members (excludes halogenated alkanes) is 33. The van der Waals surface area contributed by atoms with Gasteiger partial charge in [0.15, 0.2) is 6.10 Å². The first-order valence-electron chi connectivity index (χ1n) is 27.5. The molecule has 0 bridgehead atoms. The van der Waals surface area contributed by atoms with Crippen molar-refractivity contribution in [2.75, 3.05) is 13.2 Å². The number of allylic oxidation sites excluding steroid dienone is 6. The molecule has 0 radical (unpaired) electrons. The lowest BCUT2D eigenvalue weighted by atomic mass is 10.1. The van der Waals surface area contributed by atoms with Gasteiger partial charge in [-0.15, -0.1) is 0 Å². The van der Waals surface area contributed by atoms with E-state index in [1.54, 1.807) is 0 Å². The lowest BCUT2D eigenvalue weighted by Crippen LogP contribution is -2.30. The molecule has 0 aromatic rings. The van der Waals surface area contributed by atoms with E-state index in [1.165, 1.54) is 180 Å². The smallest absolute Gasteiger partial charge is 0.306 e. The average molecular weight is 885 g/mol. The van der Waals surface area contributed by atoms with Crippen LogP contribution >= 0.6 is 0 Å². The fourth-order valence-electron chi connectivity index (χ4n) is 7.88. The van der Waals surface area contributed by atoms with Crippen molar-refractivity contribution in [3.8, 4) is 0 Å². The van der Waals surface area contributed by atoms with E-state index in [0.29, 0.717) is 19.3 Å². The molecule has 0 fully saturated rings. The summed E-state index contributed by atoms with van der Waals surface area (Å²) in [7, 11) is 0. The predicted octanol–water partition coefficient (Wildman–Crippen LogP) is 18.1. The summed E-state index contributed by atoms with van der Waals surface area (Å²) in [5.41, 5.74) is 0. The Morgan fingerprint density at radius 3 is 0.841 bits per heavy atom. The van der Waals surface area contributed by atoms with E-state index in [2.05, 4.69) is 57.2 Å². The zero-order valence-corrected chi connectivity index (χ0v) is 42.1. The standard InChI is InChI=1S/C57H104O6/c1-4-7-10-13-16-19-22-24-26-27-28-29-31-33-36-39-42-45-48-51-57(60)63-54(52-61-55(58)49-46-43-40-37-34-21-18-15-12-9-6-3)53-62-56(59)50-47-44-41-38-35-32-30-25-23-20-17-14-11-8-5-2/h15,18,24-26,30,54H,4-14,16-17,19-23,27-29,31-53H2,1-3H3/b18-15-,26-24-,30-25-/t54-/m0/s1. The Hall–Kier alpha value is -2.37. The molecule has 0 aromatic heterocycles. The fraction of sp³-hybridized carbons (Fsp3) is 0.842. The second-order valence-corrected chi connectivity index (χ2v) is 18.5. The largest absolute Gasteiger partial charge is 0.462 e. The van der Waals surface area contributed by atoms with E-state index in [9.17, 15) is 14.4 Å². The van der Waals surface area contributed by atoms with Gasteiger partial charge in [0, 0.05) is 19.3 Å². The van der Waals surface area contributed by atoms with E-state index in [1.807, 2.05) is 0 Å². The summed E-state index contributed by atoms with van der Waals surface area (Å²) < 4.78 is 16.8. The molecule has 0 rings (SSSR count). The van der Waals surface area contributed by atoms with Crippen molar-refractivity contribution in [1.82, 2.24) is 0 Å². The van der Waals surface area contributed by atoms with E-state index in [-0.39, 0.29) is 31.1 Å². The summed E-state index contributed by atoms with van der Waals surface area (Å²) in [6.07, 6.45) is 61.3. The Morgan fingerprint density at radius 1 is 0.302 bits per heavy atom. The Balaban J connectivity index is 4.33. The van der Waals surface area contributed by atoms with Gasteiger partial charge in [-0.25, -0.2) is 0 Å². The first-order valence-corrected chi connectivity index (χ1v) is 27.5. The van der Waals surface area contributed by atoms with Crippen molar-refractivity contribution in [2.24, 2.45) is 0 Å². The minimum absolute atomic E-state index is 0.0781. The molecule has 6 heteroatoms. The molecule has 0 spiro atoms. The Bertz CT molecular complexity index is 1060. The molecule has 0 heterocycles. The second-order valence-electron chi connectivity index (χ2n) is 18.5. The number of hydrogen-bond donors (Lipinski definition) is 0. The molecular weight excluding hydrogens is 781 g/mol. The van der Waals surface area contributed by atoms with E-state index in [0.717, 1.165) is 70.6 Å². The molecule has 0 N–H and O–H groups in total. The minimum Gasteiger partial charge on any atom is -0.462 e. The number of carbonyl (C=O) groups excluding carboxylic acids is 3. The third-order valence-electron chi connectivity index (χ3n) is 12.1. The second kappa shape index (κ2) is 52.3. The van der Waals surface area contributed by atoms with Crippen molar-refractivity contribution in [2.45, 2.75) is 297 Å². The third-order valence-corrected chi connectivity index (χ3v) is 12.1. The molecule has 0 saturated carbocycles. The van der Waals surface area contributed by atoms with Gasteiger partial charge in [0.2, 0.25) is 0 Å². The van der Waals surface area contributed by atoms with Gasteiger partial charge in [-0.2, -0.15) is 0 Å². The lowest BCUT2D eigenvalue weighted by molar-refractivity contribution is -0.167. The minimum atomic E-state index is -0.777. The van der Waals surface area contributed by atoms with Crippen molar-refractivity contribution >= 4 is 17.9 Å². The average Bonchev–Trinajstić information content (AvgIpc) is 3.28. The zero-order valence-electron chi connectivity index (χ0n) is 42.1. The SMILES string of the molecule is CCCC/C=C\CCCCCCCC(=O)OC[C@@H](COC(=O)CCCCCCC/C=C\CCCCCCCC)OC(=O)CCCCCCCCCCC/C=C\CCCCCCCC. The third kappa shape index (κ3) is 50.5. The van der Waals surface area contributed by atoms with Gasteiger partial charge in [-0.1, -0.05) is 218 Å². The number of carbonyl (C=O) groups is 3. The highest BCUT2D eigenvalue weighted by Gasteiger charge is 2.19. The molecule has 0 unspecified atom stereocenters. The lowest BCUT2D eigenvalue weighted by Gasteiger charge is -2.18. The van der Waals surface area contributed by atoms with Crippen LogP contribution in [0.5, 0.6) is 0 Å². The molecule has 6 nitrogen and oxygen atoms in total. The number of ether oxygens (including phenoxy) is 3. The predicted molar refractivity (Wildman–Crippen MR) is 270 cm³/mol. The van der Waals surface area contributed by atoms with Crippen LogP contribution in [0.25, 0.3) is 0 Å². The van der Waals surface area contributed by atoms with Gasteiger partial charge in [0.1, 0.15) is 13.2 Å². The van der Waals surface area contributed by atoms with Crippen molar-refractivity contribution in [3.63, 3.8) is 0 Å². The summed E-state index contributed by atoms with van der Waals surface area (Å²) in [6.45, 7) is 6.60. The zero-order chi connectivity index (χ0) is 45.8. The number of hydrogen-bond acceptors (Lipinski definition) is 6. The van der Waals surface area contributed by atoms with Crippen molar-refractivity contribution < 1.29 is 28.6 Å². The van der Waals surface area contributed by atoms with E-state index in [4.69, 9.17) is 14.2 Å². The summed E-state index contributed by atoms with van der Waals surface area (Å²) in [5, 5.41) is 0. The fourth-order valence-corrected chi connectivity index (χ4v) is 7.88. The molecule has 0 amide bonds. The Morgan fingerprint density at radius 2 is 0.540 bits per heavy atom. The summed E-state index contributed by atoms with van der Waals surface area (Å²) in [6, 6.07) is 0. The van der Waals surface area contributed by atoms with Gasteiger partial charge < -0.3 is 14.2 Å². The topological polar surface area (TPSA) is 78.9 Å². The molecule has 0 aliphatic heterocycles. The first-order chi connectivity index (χ1) is 31.0. The van der Waals surface area contributed by atoms with Gasteiger partial charge >= 0.3 is 17.9 Å². The van der Waals surface area contributed by atoms with Gasteiger partial charge in [0.05, 0.1) is 0 Å². The van der Waals surface area contributed by atoms with Gasteiger partial charge in [-0.05, 0) is 89.9 Å². The van der Waals surface area contributed by atoms with Crippen LogP contribution in [0, 0.1) is 0 Å². The monoisotopic (exact) mass is 885 g/mol. The highest BCUT2D eigenvalue weighted by atomic mass is 16.6. The van der Waals surface area contributed by atoms with Crippen LogP contribution in [-0.2, 0) is 28.6 Å². The number of esters is 3. The van der Waals surface area contributed by atoms with Crippen molar-refractivity contribution in [1.29, 1.82) is 0 Å². The normalized spacial score (nSPS) is 12.2. The van der Waals surface area contributed by atoms with Crippen LogP contribution < -0.4 is 0 Å². The van der Waals surface area contributed by atoms with Crippen LogP contribution in [0.4, 0.5) is 0 Å². The Kier molecular flexibility index (Phi) is 50.3. The maximum atomic E-state index is 12.8. The highest BCUT2D eigenvalue weighted by molar-refractivity contribution is 5.71. The quantitative estimate of drug-likeness (QED) is 0.0262. The maximum absolute atomic E-state index is 12.8. The molecule has 0 aliphatic carbocycles. The van der Waals surface area contributed by atoms with Gasteiger partial charge in [0.25, 0.3) is 0 Å². The molecule has 0 aliphatic rings.